The third-order valence-corrected chi connectivity index (χ3v) is 2.86. The summed E-state index contributed by atoms with van der Waals surface area (Å²) in [6, 6.07) is 7.45. The molecule has 0 aliphatic carbocycles. The fourth-order valence-corrected chi connectivity index (χ4v) is 1.70. The summed E-state index contributed by atoms with van der Waals surface area (Å²) in [7, 11) is 1.41. The Bertz CT molecular complexity index is 362. The van der Waals surface area contributed by atoms with Gasteiger partial charge in [-0.25, -0.2) is 0 Å². The van der Waals surface area contributed by atoms with E-state index in [-0.39, 0.29) is 12.0 Å². The molecule has 0 aliphatic rings. The molecule has 1 aromatic carbocycles. The highest BCUT2D eigenvalue weighted by Gasteiger charge is 2.20. The second-order valence-electron chi connectivity index (χ2n) is 4.00. The molecule has 1 atom stereocenters. The van der Waals surface area contributed by atoms with E-state index in [2.05, 4.69) is 4.90 Å². The zero-order chi connectivity index (χ0) is 12.8. The number of benzene rings is 1. The van der Waals surface area contributed by atoms with Gasteiger partial charge in [-0.3, -0.25) is 9.69 Å². The molecule has 17 heavy (non-hydrogen) atoms. The Kier molecular flexibility index (Phi) is 4.97. The lowest BCUT2D eigenvalue weighted by Crippen LogP contribution is -2.39. The third-order valence-electron chi connectivity index (χ3n) is 2.86. The number of hydrogen-bond acceptors (Lipinski definition) is 4. The zero-order valence-electron chi connectivity index (χ0n) is 10.6. The van der Waals surface area contributed by atoms with Crippen molar-refractivity contribution in [2.24, 2.45) is 0 Å². The molecule has 0 aromatic heterocycles. The molecule has 0 radical (unpaired) electrons. The fourth-order valence-electron chi connectivity index (χ4n) is 1.70. The largest absolute Gasteiger partial charge is 0.468 e. The van der Waals surface area contributed by atoms with Crippen molar-refractivity contribution >= 4 is 11.7 Å². The van der Waals surface area contributed by atoms with Gasteiger partial charge in [-0.05, 0) is 31.2 Å². The molecule has 1 rings (SSSR count). The number of carbonyl (C=O) groups is 1. The van der Waals surface area contributed by atoms with Gasteiger partial charge in [0.2, 0.25) is 0 Å². The molecular formula is C13H20N2O2. The SMILES string of the molecule is CCN(Cc1ccc(N)cc1)C(C)C(=O)OC. The topological polar surface area (TPSA) is 55.6 Å². The first-order valence-electron chi connectivity index (χ1n) is 5.74. The molecule has 0 saturated carbocycles. The molecule has 0 heterocycles. The van der Waals surface area contributed by atoms with E-state index in [0.717, 1.165) is 17.8 Å². The highest BCUT2D eigenvalue weighted by Crippen LogP contribution is 2.11. The first kappa shape index (κ1) is 13.5. The van der Waals surface area contributed by atoms with Crippen LogP contribution in [0.3, 0.4) is 0 Å². The molecule has 4 nitrogen and oxygen atoms in total. The molecular weight excluding hydrogens is 216 g/mol. The van der Waals surface area contributed by atoms with Gasteiger partial charge in [0.05, 0.1) is 7.11 Å². The molecule has 2 N–H and O–H groups in total. The van der Waals surface area contributed by atoms with Gasteiger partial charge in [0.25, 0.3) is 0 Å². The number of nitrogen functional groups attached to an aromatic ring is 1. The highest BCUT2D eigenvalue weighted by atomic mass is 16.5. The summed E-state index contributed by atoms with van der Waals surface area (Å²) in [6.07, 6.45) is 0. The standard InChI is InChI=1S/C13H20N2O2/c1-4-15(10(2)13(16)17-3)9-11-5-7-12(14)8-6-11/h5-8,10H,4,9,14H2,1-3H3. The quantitative estimate of drug-likeness (QED) is 0.624. The number of rotatable bonds is 5. The van der Waals surface area contributed by atoms with Crippen molar-refractivity contribution in [1.29, 1.82) is 0 Å². The lowest BCUT2D eigenvalue weighted by Gasteiger charge is -2.25. The lowest BCUT2D eigenvalue weighted by atomic mass is 10.1. The first-order valence-corrected chi connectivity index (χ1v) is 5.74. The van der Waals surface area contributed by atoms with Crippen LogP contribution in [0, 0.1) is 0 Å². The normalized spacial score (nSPS) is 12.5. The number of nitrogens with two attached hydrogens (primary N) is 1. The van der Waals surface area contributed by atoms with Crippen LogP contribution in [0.1, 0.15) is 19.4 Å². The average Bonchev–Trinajstić information content (AvgIpc) is 2.36. The monoisotopic (exact) mass is 236 g/mol. The van der Waals surface area contributed by atoms with Gasteiger partial charge < -0.3 is 10.5 Å². The Morgan fingerprint density at radius 2 is 2.00 bits per heavy atom. The van der Waals surface area contributed by atoms with Gasteiger partial charge >= 0.3 is 5.97 Å². The Morgan fingerprint density at radius 1 is 1.41 bits per heavy atom. The minimum atomic E-state index is -0.234. The molecule has 0 aliphatic heterocycles. The maximum absolute atomic E-state index is 11.5. The van der Waals surface area contributed by atoms with Crippen molar-refractivity contribution in [1.82, 2.24) is 4.90 Å². The molecule has 0 saturated heterocycles. The smallest absolute Gasteiger partial charge is 0.322 e. The number of nitrogens with zero attached hydrogens (tertiary/aromatic N) is 1. The maximum atomic E-state index is 11.5. The number of ether oxygens (including phenoxy) is 1. The van der Waals surface area contributed by atoms with Crippen LogP contribution >= 0.6 is 0 Å². The van der Waals surface area contributed by atoms with E-state index in [1.807, 2.05) is 38.1 Å². The van der Waals surface area contributed by atoms with Crippen molar-refractivity contribution in [2.45, 2.75) is 26.4 Å². The Balaban J connectivity index is 2.69. The molecule has 1 unspecified atom stereocenters. The summed E-state index contributed by atoms with van der Waals surface area (Å²) < 4.78 is 4.75. The first-order chi connectivity index (χ1) is 8.08. The Labute approximate surface area is 102 Å². The second-order valence-corrected chi connectivity index (χ2v) is 4.00. The number of likely N-dealkylation sites (N-methyl/N-ethyl adjacent to an activating group) is 1. The van der Waals surface area contributed by atoms with Gasteiger partial charge in [0.1, 0.15) is 6.04 Å². The van der Waals surface area contributed by atoms with E-state index < -0.39 is 0 Å². The minimum absolute atomic E-state index is 0.206. The van der Waals surface area contributed by atoms with Crippen molar-refractivity contribution in [3.8, 4) is 0 Å². The molecule has 0 spiro atoms. The Hall–Kier alpha value is -1.55. The second kappa shape index (κ2) is 6.25. The predicted octanol–water partition coefficient (Wildman–Crippen LogP) is 1.65. The van der Waals surface area contributed by atoms with Gasteiger partial charge in [-0.1, -0.05) is 19.1 Å². The summed E-state index contributed by atoms with van der Waals surface area (Å²) in [5, 5.41) is 0. The molecule has 1 aromatic rings. The average molecular weight is 236 g/mol. The summed E-state index contributed by atoms with van der Waals surface area (Å²) >= 11 is 0. The summed E-state index contributed by atoms with van der Waals surface area (Å²) in [5.41, 5.74) is 7.52. The maximum Gasteiger partial charge on any atom is 0.322 e. The van der Waals surface area contributed by atoms with Gasteiger partial charge in [0.15, 0.2) is 0 Å². The van der Waals surface area contributed by atoms with Gasteiger partial charge in [-0.2, -0.15) is 0 Å². The van der Waals surface area contributed by atoms with E-state index in [1.165, 1.54) is 7.11 Å². The van der Waals surface area contributed by atoms with E-state index in [4.69, 9.17) is 10.5 Å². The van der Waals surface area contributed by atoms with E-state index in [1.54, 1.807) is 0 Å². The molecule has 0 bridgehead atoms. The van der Waals surface area contributed by atoms with Gasteiger partial charge in [0, 0.05) is 12.2 Å². The summed E-state index contributed by atoms with van der Waals surface area (Å²) in [5.74, 6) is -0.206. The molecule has 0 fully saturated rings. The van der Waals surface area contributed by atoms with Crippen LogP contribution in [-0.4, -0.2) is 30.6 Å². The van der Waals surface area contributed by atoms with Crippen molar-refractivity contribution in [2.75, 3.05) is 19.4 Å². The van der Waals surface area contributed by atoms with Crippen LogP contribution in [0.2, 0.25) is 0 Å². The van der Waals surface area contributed by atoms with Crippen LogP contribution in [0.15, 0.2) is 24.3 Å². The van der Waals surface area contributed by atoms with Crippen molar-refractivity contribution in [3.63, 3.8) is 0 Å². The molecule has 0 amide bonds. The third kappa shape index (κ3) is 3.75. The minimum Gasteiger partial charge on any atom is -0.468 e. The van der Waals surface area contributed by atoms with E-state index >= 15 is 0 Å². The van der Waals surface area contributed by atoms with Crippen molar-refractivity contribution < 1.29 is 9.53 Å². The number of anilines is 1. The number of carbonyl (C=O) groups excluding carboxylic acids is 1. The molecule has 94 valence electrons. The van der Waals surface area contributed by atoms with Gasteiger partial charge in [-0.15, -0.1) is 0 Å². The molecule has 4 heteroatoms. The van der Waals surface area contributed by atoms with Crippen LogP contribution in [0.25, 0.3) is 0 Å². The van der Waals surface area contributed by atoms with E-state index in [9.17, 15) is 4.79 Å². The van der Waals surface area contributed by atoms with Crippen molar-refractivity contribution in [3.05, 3.63) is 29.8 Å². The highest BCUT2D eigenvalue weighted by molar-refractivity contribution is 5.75. The summed E-state index contributed by atoms with van der Waals surface area (Å²) in [4.78, 5) is 13.5. The fraction of sp³-hybridized carbons (Fsp3) is 0.462. The zero-order valence-corrected chi connectivity index (χ0v) is 10.6. The summed E-state index contributed by atoms with van der Waals surface area (Å²) in [6.45, 7) is 5.39. The van der Waals surface area contributed by atoms with Crippen LogP contribution in [0.5, 0.6) is 0 Å². The lowest BCUT2D eigenvalue weighted by molar-refractivity contribution is -0.146. The number of hydrogen-bond donors (Lipinski definition) is 1. The van der Waals surface area contributed by atoms with Crippen LogP contribution < -0.4 is 5.73 Å². The number of esters is 1. The predicted molar refractivity (Wildman–Crippen MR) is 68.4 cm³/mol. The Morgan fingerprint density at radius 3 is 2.47 bits per heavy atom. The van der Waals surface area contributed by atoms with E-state index in [0.29, 0.717) is 6.54 Å². The van der Waals surface area contributed by atoms with Crippen LogP contribution in [0.4, 0.5) is 5.69 Å². The van der Waals surface area contributed by atoms with Crippen LogP contribution in [-0.2, 0) is 16.1 Å². The number of methoxy groups -OCH3 is 1.